The molecular weight excluding hydrogens is 172 g/mol. The molecule has 0 radical (unpaired) electrons. The third-order valence-corrected chi connectivity index (χ3v) is 2.43. The first-order valence-electron chi connectivity index (χ1n) is 4.14. The Balaban J connectivity index is 2.46. The molecule has 4 heteroatoms. The molecule has 1 heterocycles. The first-order valence-corrected chi connectivity index (χ1v) is 5.02. The molecule has 1 rings (SSSR count). The first-order chi connectivity index (χ1) is 5.72. The maximum atomic E-state index is 10.8. The molecule has 3 N–H and O–H groups in total. The molecule has 1 aromatic rings. The average Bonchev–Trinajstić information content (AvgIpc) is 2.36. The Kier molecular flexibility index (Phi) is 3.49. The smallest absolute Gasteiger partial charge is 0.304 e. The maximum Gasteiger partial charge on any atom is 0.304 e. The summed E-state index contributed by atoms with van der Waals surface area (Å²) in [6.07, 6.45) is 2.89. The van der Waals surface area contributed by atoms with Gasteiger partial charge in [-0.3, -0.25) is 4.79 Å². The van der Waals surface area contributed by atoms with Crippen molar-refractivity contribution in [1.82, 2.24) is 4.98 Å². The van der Waals surface area contributed by atoms with Gasteiger partial charge in [-0.1, -0.05) is 24.7 Å². The van der Waals surface area contributed by atoms with Crippen LogP contribution in [0, 0.1) is 0 Å². The highest BCUT2D eigenvalue weighted by atomic mass is 32.1. The molecule has 0 aliphatic heterocycles. The van der Waals surface area contributed by atoms with Gasteiger partial charge in [0.05, 0.1) is 0 Å². The number of nitrogens with two attached hydrogens (primary N) is 1. The van der Waals surface area contributed by atoms with Crippen LogP contribution in [0.15, 0.2) is 10.2 Å². The molecule has 0 bridgehead atoms. The second-order valence-electron chi connectivity index (χ2n) is 2.93. The summed E-state index contributed by atoms with van der Waals surface area (Å²) in [6, 6.07) is 0.181. The van der Waals surface area contributed by atoms with Crippen molar-refractivity contribution in [1.29, 1.82) is 0 Å². The number of hydrogen-bond acceptors (Lipinski definition) is 3. The van der Waals surface area contributed by atoms with E-state index < -0.39 is 0 Å². The molecular formula is C8H14N2OS. The van der Waals surface area contributed by atoms with Gasteiger partial charge in [0.15, 0.2) is 0 Å². The van der Waals surface area contributed by atoms with E-state index in [1.54, 1.807) is 0 Å². The molecule has 0 amide bonds. The van der Waals surface area contributed by atoms with Gasteiger partial charge < -0.3 is 10.7 Å². The van der Waals surface area contributed by atoms with Gasteiger partial charge in [-0.25, -0.2) is 0 Å². The summed E-state index contributed by atoms with van der Waals surface area (Å²) < 4.78 is 0. The van der Waals surface area contributed by atoms with Crippen molar-refractivity contribution in [3.8, 4) is 0 Å². The van der Waals surface area contributed by atoms with Gasteiger partial charge in [0.2, 0.25) is 0 Å². The topological polar surface area (TPSA) is 58.9 Å². The summed E-state index contributed by atoms with van der Waals surface area (Å²) >= 11 is 1.20. The number of nitrogens with one attached hydrogen (secondary N) is 1. The third kappa shape index (κ3) is 2.79. The van der Waals surface area contributed by atoms with E-state index in [4.69, 9.17) is 5.73 Å². The van der Waals surface area contributed by atoms with E-state index in [1.807, 2.05) is 5.38 Å². The Morgan fingerprint density at radius 2 is 2.50 bits per heavy atom. The van der Waals surface area contributed by atoms with Gasteiger partial charge in [0, 0.05) is 23.5 Å². The molecule has 0 saturated heterocycles. The zero-order valence-corrected chi connectivity index (χ0v) is 7.99. The molecule has 68 valence electrons. The van der Waals surface area contributed by atoms with Crippen molar-refractivity contribution >= 4 is 11.3 Å². The van der Waals surface area contributed by atoms with E-state index in [9.17, 15) is 4.79 Å². The lowest BCUT2D eigenvalue weighted by molar-refractivity contribution is 0.594. The molecule has 1 unspecified atom stereocenters. The largest absolute Gasteiger partial charge is 0.327 e. The minimum atomic E-state index is 0.00805. The molecule has 0 aromatic carbocycles. The second kappa shape index (κ2) is 4.42. The van der Waals surface area contributed by atoms with E-state index in [1.165, 1.54) is 11.3 Å². The van der Waals surface area contributed by atoms with E-state index in [2.05, 4.69) is 11.9 Å². The quantitative estimate of drug-likeness (QED) is 0.740. The molecule has 1 atom stereocenters. The Morgan fingerprint density at radius 3 is 3.00 bits per heavy atom. The highest BCUT2D eigenvalue weighted by molar-refractivity contribution is 7.07. The van der Waals surface area contributed by atoms with Gasteiger partial charge in [-0.05, 0) is 6.42 Å². The van der Waals surface area contributed by atoms with Crippen molar-refractivity contribution in [2.45, 2.75) is 32.2 Å². The minimum Gasteiger partial charge on any atom is -0.327 e. The summed E-state index contributed by atoms with van der Waals surface area (Å²) in [6.45, 7) is 2.11. The van der Waals surface area contributed by atoms with Gasteiger partial charge in [-0.2, -0.15) is 0 Å². The number of hydrogen-bond donors (Lipinski definition) is 2. The highest BCUT2D eigenvalue weighted by Crippen LogP contribution is 2.03. The second-order valence-corrected chi connectivity index (χ2v) is 3.77. The van der Waals surface area contributed by atoms with Crippen molar-refractivity contribution in [3.05, 3.63) is 20.7 Å². The monoisotopic (exact) mass is 186 g/mol. The lowest BCUT2D eigenvalue weighted by Crippen LogP contribution is -2.22. The SMILES string of the molecule is CCCC(N)Cc1csc(=O)[nH]1. The van der Waals surface area contributed by atoms with Crippen LogP contribution in [0.2, 0.25) is 0 Å². The highest BCUT2D eigenvalue weighted by Gasteiger charge is 2.03. The number of aromatic amines is 1. The fourth-order valence-electron chi connectivity index (χ4n) is 1.17. The van der Waals surface area contributed by atoms with E-state index in [0.717, 1.165) is 25.0 Å². The molecule has 3 nitrogen and oxygen atoms in total. The van der Waals surface area contributed by atoms with Crippen LogP contribution < -0.4 is 10.6 Å². The molecule has 0 saturated carbocycles. The van der Waals surface area contributed by atoms with E-state index >= 15 is 0 Å². The van der Waals surface area contributed by atoms with Gasteiger partial charge in [-0.15, -0.1) is 0 Å². The lowest BCUT2D eigenvalue weighted by atomic mass is 10.1. The lowest BCUT2D eigenvalue weighted by Gasteiger charge is -2.07. The summed E-state index contributed by atoms with van der Waals surface area (Å²) in [5, 5.41) is 1.85. The van der Waals surface area contributed by atoms with Gasteiger partial charge in [0.1, 0.15) is 0 Å². The van der Waals surface area contributed by atoms with Crippen LogP contribution >= 0.6 is 11.3 Å². The number of H-pyrrole nitrogens is 1. The van der Waals surface area contributed by atoms with Crippen LogP contribution in [0.4, 0.5) is 0 Å². The zero-order chi connectivity index (χ0) is 8.97. The van der Waals surface area contributed by atoms with Crippen LogP contribution in [-0.2, 0) is 6.42 Å². The van der Waals surface area contributed by atoms with Crippen molar-refractivity contribution in [3.63, 3.8) is 0 Å². The summed E-state index contributed by atoms with van der Waals surface area (Å²) in [7, 11) is 0. The van der Waals surface area contributed by atoms with Crippen molar-refractivity contribution < 1.29 is 0 Å². The van der Waals surface area contributed by atoms with Crippen LogP contribution in [0.3, 0.4) is 0 Å². The Hall–Kier alpha value is -0.610. The van der Waals surface area contributed by atoms with Gasteiger partial charge >= 0.3 is 4.87 Å². The number of rotatable bonds is 4. The Bertz CT molecular complexity index is 279. The fraction of sp³-hybridized carbons (Fsp3) is 0.625. The van der Waals surface area contributed by atoms with Crippen LogP contribution in [0.25, 0.3) is 0 Å². The minimum absolute atomic E-state index is 0.00805. The van der Waals surface area contributed by atoms with Gasteiger partial charge in [0.25, 0.3) is 0 Å². The number of thiazole rings is 1. The summed E-state index contributed by atoms with van der Waals surface area (Å²) in [5.74, 6) is 0. The van der Waals surface area contributed by atoms with Crippen molar-refractivity contribution in [2.24, 2.45) is 5.73 Å². The average molecular weight is 186 g/mol. The van der Waals surface area contributed by atoms with Crippen LogP contribution in [0.1, 0.15) is 25.5 Å². The molecule has 0 aliphatic carbocycles. The predicted molar refractivity (Wildman–Crippen MR) is 51.5 cm³/mol. The third-order valence-electron chi connectivity index (χ3n) is 1.71. The van der Waals surface area contributed by atoms with Crippen molar-refractivity contribution in [2.75, 3.05) is 0 Å². The molecule has 0 aliphatic rings. The van der Waals surface area contributed by atoms with Crippen LogP contribution in [0.5, 0.6) is 0 Å². The maximum absolute atomic E-state index is 10.8. The summed E-state index contributed by atoms with van der Waals surface area (Å²) in [4.78, 5) is 13.5. The zero-order valence-electron chi connectivity index (χ0n) is 7.17. The fourth-order valence-corrected chi connectivity index (χ4v) is 1.76. The normalized spacial score (nSPS) is 13.2. The molecule has 0 fully saturated rings. The standard InChI is InChI=1S/C8H14N2OS/c1-2-3-6(9)4-7-5-12-8(11)10-7/h5-6H,2-4,9H2,1H3,(H,10,11). The molecule has 1 aromatic heterocycles. The number of aromatic nitrogens is 1. The first kappa shape index (κ1) is 9.48. The summed E-state index contributed by atoms with van der Waals surface area (Å²) in [5.41, 5.74) is 6.77. The van der Waals surface area contributed by atoms with E-state index in [-0.39, 0.29) is 10.9 Å². The Labute approximate surface area is 75.6 Å². The predicted octanol–water partition coefficient (Wildman–Crippen LogP) is 1.11. The Morgan fingerprint density at radius 1 is 1.75 bits per heavy atom. The van der Waals surface area contributed by atoms with Crippen LogP contribution in [-0.4, -0.2) is 11.0 Å². The van der Waals surface area contributed by atoms with E-state index in [0.29, 0.717) is 0 Å². The molecule has 12 heavy (non-hydrogen) atoms. The molecule has 0 spiro atoms.